The van der Waals surface area contributed by atoms with Crippen LogP contribution in [0.3, 0.4) is 0 Å². The molecule has 1 saturated heterocycles. The molecule has 8 nitrogen and oxygen atoms in total. The summed E-state index contributed by atoms with van der Waals surface area (Å²) in [6.45, 7) is 1.57. The van der Waals surface area contributed by atoms with Crippen LogP contribution in [0.1, 0.15) is 51.9 Å². The molecule has 2 aromatic heterocycles. The van der Waals surface area contributed by atoms with Crippen LogP contribution in [-0.2, 0) is 18.2 Å². The van der Waals surface area contributed by atoms with Gasteiger partial charge >= 0.3 is 0 Å². The number of benzene rings is 2. The van der Waals surface area contributed by atoms with E-state index in [1.54, 1.807) is 41.2 Å². The van der Waals surface area contributed by atoms with Crippen molar-refractivity contribution in [3.05, 3.63) is 88.1 Å². The number of rotatable bonds is 6. The summed E-state index contributed by atoms with van der Waals surface area (Å²) in [6, 6.07) is 14.0. The van der Waals surface area contributed by atoms with Gasteiger partial charge in [-0.2, -0.15) is 10.4 Å². The van der Waals surface area contributed by atoms with Crippen molar-refractivity contribution in [3.63, 3.8) is 0 Å². The molecule has 9 heteroatoms. The number of hydrogen-bond donors (Lipinski definition) is 1. The van der Waals surface area contributed by atoms with Crippen LogP contribution < -0.4 is 5.32 Å². The fourth-order valence-corrected chi connectivity index (χ4v) is 4.75. The van der Waals surface area contributed by atoms with Gasteiger partial charge in [0.05, 0.1) is 27.8 Å². The maximum Gasteiger partial charge on any atom is 0.252 e. The van der Waals surface area contributed by atoms with Crippen molar-refractivity contribution in [2.75, 3.05) is 13.2 Å². The molecule has 4 aromatic rings. The fourth-order valence-electron chi connectivity index (χ4n) is 4.52. The average Bonchev–Trinajstić information content (AvgIpc) is 3.32. The molecule has 0 spiro atoms. The summed E-state index contributed by atoms with van der Waals surface area (Å²) < 4.78 is 7.15. The molecule has 2 aromatic carbocycles. The first-order valence-corrected chi connectivity index (χ1v) is 12.2. The second-order valence-electron chi connectivity index (χ2n) is 8.96. The molecule has 0 aliphatic carbocycles. The molecule has 0 bridgehead atoms. The van der Waals surface area contributed by atoms with E-state index in [1.807, 2.05) is 25.4 Å². The highest BCUT2D eigenvalue weighted by atomic mass is 35.5. The van der Waals surface area contributed by atoms with E-state index in [1.165, 1.54) is 0 Å². The van der Waals surface area contributed by atoms with E-state index in [9.17, 15) is 10.1 Å². The van der Waals surface area contributed by atoms with Crippen molar-refractivity contribution in [1.29, 1.82) is 5.26 Å². The first-order valence-electron chi connectivity index (χ1n) is 11.8. The zero-order valence-corrected chi connectivity index (χ0v) is 20.6. The number of nitriles is 1. The van der Waals surface area contributed by atoms with Gasteiger partial charge in [-0.3, -0.25) is 9.48 Å². The van der Waals surface area contributed by atoms with Crippen molar-refractivity contribution in [2.45, 2.75) is 25.3 Å². The Balaban J connectivity index is 1.42. The average molecular weight is 501 g/mol. The Labute approximate surface area is 213 Å². The molecule has 3 heterocycles. The highest BCUT2D eigenvalue weighted by molar-refractivity contribution is 6.31. The number of fused-ring (bicyclic) bond motifs is 1. The van der Waals surface area contributed by atoms with Crippen LogP contribution in [0.15, 0.2) is 54.9 Å². The Kier molecular flexibility index (Phi) is 6.94. The van der Waals surface area contributed by atoms with E-state index in [2.05, 4.69) is 21.5 Å². The number of carbonyl (C=O) groups excluding carboxylic acids is 1. The number of hydrogen-bond acceptors (Lipinski definition) is 6. The first-order chi connectivity index (χ1) is 17.5. The molecule has 1 fully saturated rings. The Bertz CT molecular complexity index is 1450. The van der Waals surface area contributed by atoms with Gasteiger partial charge in [0, 0.05) is 50.0 Å². The predicted octanol–water partition coefficient (Wildman–Crippen LogP) is 4.38. The molecule has 0 radical (unpaired) electrons. The lowest BCUT2D eigenvalue weighted by Crippen LogP contribution is -2.30. The number of carbonyl (C=O) groups is 1. The quantitative estimate of drug-likeness (QED) is 0.421. The fraction of sp³-hybridized carbons (Fsp3) is 0.296. The van der Waals surface area contributed by atoms with Gasteiger partial charge in [-0.1, -0.05) is 23.7 Å². The minimum absolute atomic E-state index is 0.256. The van der Waals surface area contributed by atoms with Crippen molar-refractivity contribution >= 4 is 28.4 Å². The summed E-state index contributed by atoms with van der Waals surface area (Å²) in [7, 11) is 1.81. The van der Waals surface area contributed by atoms with Gasteiger partial charge in [-0.05, 0) is 54.7 Å². The number of ether oxygens (including phenoxy) is 1. The van der Waals surface area contributed by atoms with E-state index >= 15 is 0 Å². The number of halogens is 1. The second-order valence-corrected chi connectivity index (χ2v) is 9.36. The second kappa shape index (κ2) is 10.4. The summed E-state index contributed by atoms with van der Waals surface area (Å²) in [5, 5.41) is 17.8. The molecular formula is C27H25ClN6O2. The molecule has 1 atom stereocenters. The van der Waals surface area contributed by atoms with Crippen molar-refractivity contribution in [1.82, 2.24) is 25.1 Å². The van der Waals surface area contributed by atoms with Gasteiger partial charge in [-0.15, -0.1) is 0 Å². The zero-order chi connectivity index (χ0) is 25.1. The molecule has 0 saturated carbocycles. The molecule has 1 amide bonds. The minimum atomic E-state index is -0.513. The lowest BCUT2D eigenvalue weighted by Gasteiger charge is -2.21. The third kappa shape index (κ3) is 5.08. The van der Waals surface area contributed by atoms with E-state index in [0.717, 1.165) is 60.5 Å². The molecule has 1 N–H and O–H groups in total. The summed E-state index contributed by atoms with van der Waals surface area (Å²) in [5.41, 5.74) is 3.13. The van der Waals surface area contributed by atoms with Gasteiger partial charge in [0.15, 0.2) is 0 Å². The molecular weight excluding hydrogens is 476 g/mol. The maximum atomic E-state index is 13.4. The largest absolute Gasteiger partial charge is 0.381 e. The molecule has 5 rings (SSSR count). The monoisotopic (exact) mass is 500 g/mol. The molecule has 36 heavy (non-hydrogen) atoms. The van der Waals surface area contributed by atoms with Crippen LogP contribution in [0.25, 0.3) is 10.9 Å². The van der Waals surface area contributed by atoms with E-state index in [0.29, 0.717) is 22.1 Å². The number of amides is 1. The SMILES string of the molecule is Cn1nccc1[C@@H](NC(=O)c1ccc2cnc(CC3CCOCC3)nc2c1)c1ccc(C#N)c(Cl)c1. The van der Waals surface area contributed by atoms with Crippen LogP contribution in [0, 0.1) is 17.2 Å². The molecule has 182 valence electrons. The van der Waals surface area contributed by atoms with Crippen LogP contribution >= 0.6 is 11.6 Å². The van der Waals surface area contributed by atoms with Gasteiger partial charge < -0.3 is 10.1 Å². The van der Waals surface area contributed by atoms with Gasteiger partial charge in [-0.25, -0.2) is 9.97 Å². The lowest BCUT2D eigenvalue weighted by molar-refractivity contribution is 0.0660. The third-order valence-corrected chi connectivity index (χ3v) is 6.90. The Morgan fingerprint density at radius 2 is 2.08 bits per heavy atom. The van der Waals surface area contributed by atoms with Crippen LogP contribution in [-0.4, -0.2) is 38.9 Å². The summed E-state index contributed by atoms with van der Waals surface area (Å²) >= 11 is 6.30. The number of aromatic nitrogens is 4. The minimum Gasteiger partial charge on any atom is -0.381 e. The first kappa shape index (κ1) is 23.9. The van der Waals surface area contributed by atoms with E-state index in [-0.39, 0.29) is 5.91 Å². The van der Waals surface area contributed by atoms with E-state index in [4.69, 9.17) is 21.3 Å². The molecule has 0 unspecified atom stereocenters. The highest BCUT2D eigenvalue weighted by Crippen LogP contribution is 2.27. The third-order valence-electron chi connectivity index (χ3n) is 6.58. The normalized spacial score (nSPS) is 14.9. The number of nitrogens with zero attached hydrogens (tertiary/aromatic N) is 5. The van der Waals surface area contributed by atoms with Crippen LogP contribution in [0.4, 0.5) is 0 Å². The van der Waals surface area contributed by atoms with Gasteiger partial charge in [0.2, 0.25) is 0 Å². The zero-order valence-electron chi connectivity index (χ0n) is 19.8. The Morgan fingerprint density at radius 3 is 2.81 bits per heavy atom. The van der Waals surface area contributed by atoms with Crippen molar-refractivity contribution in [2.24, 2.45) is 13.0 Å². The standard InChI is InChI=1S/C27H25ClN6O2/c1-34-24(6-9-31-34)26(18-2-4-20(15-29)22(28)13-18)33-27(35)19-3-5-21-16-30-25(32-23(21)14-19)12-17-7-10-36-11-8-17/h2-6,9,13-14,16-17,26H,7-8,10-12H2,1H3,(H,33,35)/t26-/m0/s1. The van der Waals surface area contributed by atoms with E-state index < -0.39 is 6.04 Å². The van der Waals surface area contributed by atoms with Crippen LogP contribution in [0.5, 0.6) is 0 Å². The van der Waals surface area contributed by atoms with Crippen molar-refractivity contribution in [3.8, 4) is 6.07 Å². The van der Waals surface area contributed by atoms with Gasteiger partial charge in [0.1, 0.15) is 11.9 Å². The highest BCUT2D eigenvalue weighted by Gasteiger charge is 2.22. The number of nitrogens with one attached hydrogen (secondary N) is 1. The smallest absolute Gasteiger partial charge is 0.252 e. The Morgan fingerprint density at radius 1 is 1.25 bits per heavy atom. The van der Waals surface area contributed by atoms with Crippen LogP contribution in [0.2, 0.25) is 5.02 Å². The maximum absolute atomic E-state index is 13.4. The molecule has 1 aliphatic rings. The topological polar surface area (TPSA) is 106 Å². The summed E-state index contributed by atoms with van der Waals surface area (Å²) in [4.78, 5) is 22.7. The number of aryl methyl sites for hydroxylation is 1. The Hall–Kier alpha value is -3.80. The molecule has 1 aliphatic heterocycles. The summed E-state index contributed by atoms with van der Waals surface area (Å²) in [5.74, 6) is 1.04. The predicted molar refractivity (Wildman–Crippen MR) is 135 cm³/mol. The van der Waals surface area contributed by atoms with Gasteiger partial charge in [0.25, 0.3) is 5.91 Å². The summed E-state index contributed by atoms with van der Waals surface area (Å²) in [6.07, 6.45) is 6.32. The lowest BCUT2D eigenvalue weighted by atomic mass is 9.96. The van der Waals surface area contributed by atoms with Crippen molar-refractivity contribution < 1.29 is 9.53 Å².